The second-order valence-corrected chi connectivity index (χ2v) is 4.67. The first-order valence-electron chi connectivity index (χ1n) is 5.47. The molecule has 1 N–H and O–H groups in total. The molecule has 2 aromatic rings. The van der Waals surface area contributed by atoms with Gasteiger partial charge >= 0.3 is 0 Å². The van der Waals surface area contributed by atoms with Crippen LogP contribution in [0.4, 0.5) is 0 Å². The Hall–Kier alpha value is -1.19. The van der Waals surface area contributed by atoms with Crippen molar-refractivity contribution in [1.29, 1.82) is 0 Å². The molecule has 0 unspecified atom stereocenters. The van der Waals surface area contributed by atoms with Gasteiger partial charge in [-0.05, 0) is 24.6 Å². The lowest BCUT2D eigenvalue weighted by Gasteiger charge is -2.08. The van der Waals surface area contributed by atoms with Gasteiger partial charge in [0.2, 0.25) is 0 Å². The Morgan fingerprint density at radius 3 is 2.53 bits per heavy atom. The topological polar surface area (TPSA) is 28.7 Å². The Morgan fingerprint density at radius 1 is 1.29 bits per heavy atom. The summed E-state index contributed by atoms with van der Waals surface area (Å²) in [6.45, 7) is 4.03. The quantitative estimate of drug-likeness (QED) is 0.818. The number of hydrogen-bond donors (Lipinski definition) is 1. The third kappa shape index (κ3) is 2.56. The highest BCUT2D eigenvalue weighted by Gasteiger charge is 2.06. The van der Waals surface area contributed by atoms with Crippen molar-refractivity contribution in [2.75, 3.05) is 0 Å². The summed E-state index contributed by atoms with van der Waals surface area (Å²) in [5, 5.41) is 0.731. The number of nitrogens with one attached hydrogen (secondary N) is 1. The van der Waals surface area contributed by atoms with Crippen LogP contribution >= 0.6 is 23.8 Å². The van der Waals surface area contributed by atoms with Gasteiger partial charge in [-0.3, -0.25) is 0 Å². The second kappa shape index (κ2) is 4.98. The summed E-state index contributed by atoms with van der Waals surface area (Å²) in [7, 11) is 0. The number of rotatable bonds is 2. The molecule has 1 aromatic heterocycles. The summed E-state index contributed by atoms with van der Waals surface area (Å²) in [4.78, 5) is 7.65. The predicted molar refractivity (Wildman–Crippen MR) is 74.0 cm³/mol. The van der Waals surface area contributed by atoms with Crippen molar-refractivity contribution in [3.8, 4) is 11.3 Å². The van der Waals surface area contributed by atoms with E-state index in [2.05, 4.69) is 16.9 Å². The molecule has 0 atom stereocenters. The van der Waals surface area contributed by atoms with E-state index in [4.69, 9.17) is 23.8 Å². The minimum absolute atomic E-state index is 0.658. The molecule has 2 rings (SSSR count). The molecule has 0 fully saturated rings. The van der Waals surface area contributed by atoms with Gasteiger partial charge in [0.05, 0.1) is 5.69 Å². The van der Waals surface area contributed by atoms with Crippen molar-refractivity contribution in [3.63, 3.8) is 0 Å². The minimum atomic E-state index is 0.658. The van der Waals surface area contributed by atoms with Crippen LogP contribution in [0.1, 0.15) is 18.3 Å². The summed E-state index contributed by atoms with van der Waals surface area (Å²) >= 11 is 11.1. The fourth-order valence-electron chi connectivity index (χ4n) is 1.65. The first-order chi connectivity index (χ1) is 8.11. The normalized spacial score (nSPS) is 10.5. The van der Waals surface area contributed by atoms with Crippen molar-refractivity contribution in [2.24, 2.45) is 0 Å². The Balaban J connectivity index is 2.62. The maximum Gasteiger partial charge on any atom is 0.133 e. The number of halogens is 1. The van der Waals surface area contributed by atoms with Crippen LogP contribution in [0.3, 0.4) is 0 Å². The van der Waals surface area contributed by atoms with E-state index in [-0.39, 0.29) is 0 Å². The average molecular weight is 265 g/mol. The lowest BCUT2D eigenvalue weighted by atomic mass is 10.1. The predicted octanol–water partition coefficient (Wildman–Crippen LogP) is 4.33. The zero-order valence-corrected chi connectivity index (χ0v) is 11.3. The zero-order valence-electron chi connectivity index (χ0n) is 9.75. The van der Waals surface area contributed by atoms with Crippen LogP contribution in [0.25, 0.3) is 11.3 Å². The molecule has 1 aromatic carbocycles. The van der Waals surface area contributed by atoms with E-state index in [9.17, 15) is 0 Å². The van der Waals surface area contributed by atoms with E-state index in [1.54, 1.807) is 0 Å². The minimum Gasteiger partial charge on any atom is -0.343 e. The largest absolute Gasteiger partial charge is 0.343 e. The molecule has 0 radical (unpaired) electrons. The lowest BCUT2D eigenvalue weighted by molar-refractivity contribution is 0.926. The van der Waals surface area contributed by atoms with E-state index >= 15 is 0 Å². The molecule has 0 bridgehead atoms. The van der Waals surface area contributed by atoms with Gasteiger partial charge in [-0.1, -0.05) is 42.9 Å². The van der Waals surface area contributed by atoms with Crippen molar-refractivity contribution < 1.29 is 0 Å². The Morgan fingerprint density at radius 2 is 1.94 bits per heavy atom. The number of benzene rings is 1. The summed E-state index contributed by atoms with van der Waals surface area (Å²) in [5.41, 5.74) is 3.10. The van der Waals surface area contributed by atoms with Crippen LogP contribution in [0.2, 0.25) is 5.02 Å². The smallest absolute Gasteiger partial charge is 0.133 e. The van der Waals surface area contributed by atoms with E-state index in [1.807, 2.05) is 31.2 Å². The van der Waals surface area contributed by atoms with Gasteiger partial charge < -0.3 is 4.98 Å². The third-order valence-corrected chi connectivity index (χ3v) is 3.32. The summed E-state index contributed by atoms with van der Waals surface area (Å²) in [5.74, 6) is 0.908. The highest BCUT2D eigenvalue weighted by atomic mass is 35.5. The van der Waals surface area contributed by atoms with E-state index in [0.717, 1.165) is 34.1 Å². The summed E-state index contributed by atoms with van der Waals surface area (Å²) in [6.07, 6.45) is 0.838. The first kappa shape index (κ1) is 12.3. The Bertz CT molecular complexity index is 587. The van der Waals surface area contributed by atoms with Crippen molar-refractivity contribution >= 4 is 23.8 Å². The van der Waals surface area contributed by atoms with Crippen molar-refractivity contribution in [1.82, 2.24) is 9.97 Å². The van der Waals surface area contributed by atoms with Crippen LogP contribution < -0.4 is 0 Å². The van der Waals surface area contributed by atoms with E-state index in [0.29, 0.717) is 4.64 Å². The molecule has 2 nitrogen and oxygen atoms in total. The number of aryl methyl sites for hydroxylation is 1. The lowest BCUT2D eigenvalue weighted by Crippen LogP contribution is -1.99. The van der Waals surface area contributed by atoms with Crippen LogP contribution in [-0.2, 0) is 6.42 Å². The molecule has 0 spiro atoms. The maximum atomic E-state index is 5.89. The number of hydrogen-bond acceptors (Lipinski definition) is 2. The molecule has 0 aliphatic carbocycles. The first-order valence-corrected chi connectivity index (χ1v) is 6.26. The van der Waals surface area contributed by atoms with Gasteiger partial charge in [0, 0.05) is 17.0 Å². The van der Waals surface area contributed by atoms with Crippen LogP contribution in [0.15, 0.2) is 24.3 Å². The number of nitrogens with zero attached hydrogens (tertiary/aromatic N) is 1. The number of H-pyrrole nitrogens is 1. The van der Waals surface area contributed by atoms with Gasteiger partial charge in [0.25, 0.3) is 0 Å². The fraction of sp³-hybridized carbons (Fsp3) is 0.231. The maximum absolute atomic E-state index is 5.89. The molecule has 0 saturated carbocycles. The molecule has 0 aliphatic heterocycles. The van der Waals surface area contributed by atoms with Gasteiger partial charge in [-0.15, -0.1) is 0 Å². The molecule has 17 heavy (non-hydrogen) atoms. The highest BCUT2D eigenvalue weighted by molar-refractivity contribution is 7.71. The van der Waals surface area contributed by atoms with E-state index < -0.39 is 0 Å². The van der Waals surface area contributed by atoms with Crippen LogP contribution in [-0.4, -0.2) is 9.97 Å². The molecular formula is C13H13ClN2S. The van der Waals surface area contributed by atoms with Crippen molar-refractivity contribution in [3.05, 3.63) is 45.3 Å². The zero-order chi connectivity index (χ0) is 12.4. The molecular weight excluding hydrogens is 252 g/mol. The number of aromatic nitrogens is 2. The SMILES string of the molecule is CCc1nc(=S)c(C)c(-c2ccc(Cl)cc2)[nH]1. The van der Waals surface area contributed by atoms with Gasteiger partial charge in [-0.25, -0.2) is 4.98 Å². The third-order valence-electron chi connectivity index (χ3n) is 2.67. The molecule has 0 amide bonds. The Labute approximate surface area is 111 Å². The standard InChI is InChI=1S/C13H13ClN2S/c1-3-11-15-12(8(2)13(17)16-11)9-4-6-10(14)7-5-9/h4-7H,3H2,1-2H3,(H,15,16,17). The fourth-order valence-corrected chi connectivity index (χ4v) is 1.99. The molecule has 4 heteroatoms. The summed E-state index contributed by atoms with van der Waals surface area (Å²) < 4.78 is 0.658. The summed E-state index contributed by atoms with van der Waals surface area (Å²) in [6, 6.07) is 7.71. The Kier molecular flexibility index (Phi) is 3.60. The molecule has 0 aliphatic rings. The average Bonchev–Trinajstić information content (AvgIpc) is 2.34. The number of aromatic amines is 1. The van der Waals surface area contributed by atoms with Crippen LogP contribution in [0.5, 0.6) is 0 Å². The monoisotopic (exact) mass is 264 g/mol. The van der Waals surface area contributed by atoms with Gasteiger partial charge in [0.15, 0.2) is 0 Å². The van der Waals surface area contributed by atoms with Gasteiger partial charge in [0.1, 0.15) is 10.5 Å². The van der Waals surface area contributed by atoms with E-state index in [1.165, 1.54) is 0 Å². The second-order valence-electron chi connectivity index (χ2n) is 3.85. The molecule has 1 heterocycles. The van der Waals surface area contributed by atoms with Crippen molar-refractivity contribution in [2.45, 2.75) is 20.3 Å². The van der Waals surface area contributed by atoms with Crippen LogP contribution in [0, 0.1) is 11.6 Å². The highest BCUT2D eigenvalue weighted by Crippen LogP contribution is 2.23. The molecule has 0 saturated heterocycles. The molecule has 88 valence electrons. The van der Waals surface area contributed by atoms with Gasteiger partial charge in [-0.2, -0.15) is 0 Å².